The van der Waals surface area contributed by atoms with E-state index in [1.165, 1.54) is 0 Å². The highest BCUT2D eigenvalue weighted by Crippen LogP contribution is 2.19. The van der Waals surface area contributed by atoms with Crippen molar-refractivity contribution in [1.29, 1.82) is 0 Å². The summed E-state index contributed by atoms with van der Waals surface area (Å²) in [4.78, 5) is 13.6. The van der Waals surface area contributed by atoms with Crippen LogP contribution in [-0.2, 0) is 6.54 Å². The fourth-order valence-corrected chi connectivity index (χ4v) is 2.02. The van der Waals surface area contributed by atoms with Gasteiger partial charge in [0.25, 0.3) is 0 Å². The van der Waals surface area contributed by atoms with Gasteiger partial charge in [0.15, 0.2) is 5.58 Å². The smallest absolute Gasteiger partial charge is 0.317 e. The third-order valence-corrected chi connectivity index (χ3v) is 3.30. The maximum Gasteiger partial charge on any atom is 0.317 e. The number of nitrogens with one attached hydrogen (secondary N) is 1. The largest absolute Gasteiger partial charge is 0.356 e. The maximum atomic E-state index is 11.9. The number of aromatic nitrogens is 1. The zero-order valence-corrected chi connectivity index (χ0v) is 12.3. The number of nitrogens with zero attached hydrogens (tertiary/aromatic N) is 2. The summed E-state index contributed by atoms with van der Waals surface area (Å²) in [7, 11) is 1.80. The molecule has 1 aromatic heterocycles. The van der Waals surface area contributed by atoms with E-state index >= 15 is 0 Å². The average Bonchev–Trinajstić information content (AvgIpc) is 2.84. The summed E-state index contributed by atoms with van der Waals surface area (Å²) >= 11 is 0. The fourth-order valence-electron chi connectivity index (χ4n) is 2.02. The summed E-state index contributed by atoms with van der Waals surface area (Å²) < 4.78 is 5.25. The molecule has 5 heteroatoms. The lowest BCUT2D eigenvalue weighted by atomic mass is 10.1. The Morgan fingerprint density at radius 2 is 2.25 bits per heavy atom. The van der Waals surface area contributed by atoms with Crippen LogP contribution in [0.4, 0.5) is 4.79 Å². The molecule has 0 aliphatic heterocycles. The molecular weight excluding hydrogens is 254 g/mol. The molecule has 5 nitrogen and oxygen atoms in total. The molecule has 0 atom stereocenters. The van der Waals surface area contributed by atoms with E-state index in [9.17, 15) is 4.79 Å². The highest BCUT2D eigenvalue weighted by Gasteiger charge is 2.11. The van der Waals surface area contributed by atoms with Crippen LogP contribution >= 0.6 is 0 Å². The second kappa shape index (κ2) is 6.41. The van der Waals surface area contributed by atoms with E-state index in [0.29, 0.717) is 6.54 Å². The quantitative estimate of drug-likeness (QED) is 0.912. The Balaban J connectivity index is 1.99. The van der Waals surface area contributed by atoms with Crippen LogP contribution in [0.2, 0.25) is 0 Å². The predicted octanol–water partition coefficient (Wildman–Crippen LogP) is 3.08. The van der Waals surface area contributed by atoms with Gasteiger partial charge in [-0.25, -0.2) is 4.79 Å². The van der Waals surface area contributed by atoms with Crippen LogP contribution in [0, 0.1) is 6.92 Å². The summed E-state index contributed by atoms with van der Waals surface area (Å²) in [5.41, 5.74) is 2.66. The van der Waals surface area contributed by atoms with Crippen molar-refractivity contribution in [2.24, 2.45) is 0 Å². The maximum absolute atomic E-state index is 11.9. The standard InChI is InChI=1S/C15H21N3O2/c1-4-5-8-18(3)15(19)16-10-13-12-9-11(2)6-7-14(12)20-17-13/h6-7,9H,4-5,8,10H2,1-3H3,(H,16,19). The number of urea groups is 1. The zero-order valence-electron chi connectivity index (χ0n) is 12.3. The van der Waals surface area contributed by atoms with Gasteiger partial charge in [-0.05, 0) is 25.5 Å². The number of aryl methyl sites for hydroxylation is 1. The van der Waals surface area contributed by atoms with Gasteiger partial charge >= 0.3 is 6.03 Å². The van der Waals surface area contributed by atoms with Crippen molar-refractivity contribution in [3.63, 3.8) is 0 Å². The van der Waals surface area contributed by atoms with Gasteiger partial charge in [0.1, 0.15) is 5.69 Å². The summed E-state index contributed by atoms with van der Waals surface area (Å²) in [6.45, 7) is 5.27. The van der Waals surface area contributed by atoms with E-state index in [1.54, 1.807) is 11.9 Å². The van der Waals surface area contributed by atoms with E-state index in [4.69, 9.17) is 4.52 Å². The molecule has 0 saturated heterocycles. The summed E-state index contributed by atoms with van der Waals surface area (Å²) in [5, 5.41) is 7.85. The van der Waals surface area contributed by atoms with Gasteiger partial charge in [0, 0.05) is 19.0 Å². The van der Waals surface area contributed by atoms with Crippen molar-refractivity contribution in [3.8, 4) is 0 Å². The van der Waals surface area contributed by atoms with Gasteiger partial charge in [-0.15, -0.1) is 0 Å². The van der Waals surface area contributed by atoms with Crippen LogP contribution in [0.5, 0.6) is 0 Å². The second-order valence-electron chi connectivity index (χ2n) is 5.06. The predicted molar refractivity (Wildman–Crippen MR) is 78.5 cm³/mol. The van der Waals surface area contributed by atoms with Crippen LogP contribution in [0.15, 0.2) is 22.7 Å². The van der Waals surface area contributed by atoms with E-state index in [1.807, 2.05) is 25.1 Å². The first-order valence-corrected chi connectivity index (χ1v) is 6.95. The molecule has 108 valence electrons. The number of carbonyl (C=O) groups excluding carboxylic acids is 1. The van der Waals surface area contributed by atoms with Crippen molar-refractivity contribution in [1.82, 2.24) is 15.4 Å². The topological polar surface area (TPSA) is 58.4 Å². The molecule has 0 radical (unpaired) electrons. The highest BCUT2D eigenvalue weighted by molar-refractivity contribution is 5.81. The Morgan fingerprint density at radius 3 is 3.00 bits per heavy atom. The minimum Gasteiger partial charge on any atom is -0.356 e. The fraction of sp³-hybridized carbons (Fsp3) is 0.467. The number of carbonyl (C=O) groups is 1. The average molecular weight is 275 g/mol. The van der Waals surface area contributed by atoms with Gasteiger partial charge in [-0.1, -0.05) is 30.1 Å². The third-order valence-electron chi connectivity index (χ3n) is 3.30. The number of rotatable bonds is 5. The normalized spacial score (nSPS) is 10.8. The number of benzene rings is 1. The van der Waals surface area contributed by atoms with Crippen LogP contribution in [0.3, 0.4) is 0 Å². The van der Waals surface area contributed by atoms with Crippen LogP contribution in [-0.4, -0.2) is 29.7 Å². The van der Waals surface area contributed by atoms with E-state index in [2.05, 4.69) is 17.4 Å². The molecule has 20 heavy (non-hydrogen) atoms. The number of unbranched alkanes of at least 4 members (excludes halogenated alkanes) is 1. The number of hydrogen-bond donors (Lipinski definition) is 1. The Bertz CT molecular complexity index is 592. The first-order valence-electron chi connectivity index (χ1n) is 6.95. The summed E-state index contributed by atoms with van der Waals surface area (Å²) in [5.74, 6) is 0. The van der Waals surface area contributed by atoms with Crippen molar-refractivity contribution in [3.05, 3.63) is 29.5 Å². The highest BCUT2D eigenvalue weighted by atomic mass is 16.5. The van der Waals surface area contributed by atoms with Gasteiger partial charge in [0.05, 0.1) is 6.54 Å². The Kier molecular flexibility index (Phi) is 4.61. The van der Waals surface area contributed by atoms with Crippen LogP contribution in [0.1, 0.15) is 31.0 Å². The summed E-state index contributed by atoms with van der Waals surface area (Å²) in [6, 6.07) is 5.82. The Labute approximate surface area is 118 Å². The second-order valence-corrected chi connectivity index (χ2v) is 5.06. The molecular formula is C15H21N3O2. The lowest BCUT2D eigenvalue weighted by molar-refractivity contribution is 0.207. The van der Waals surface area contributed by atoms with Crippen LogP contribution in [0.25, 0.3) is 11.0 Å². The minimum atomic E-state index is -0.0812. The van der Waals surface area contributed by atoms with Crippen molar-refractivity contribution >= 4 is 17.0 Å². The van der Waals surface area contributed by atoms with Gasteiger partial charge < -0.3 is 14.7 Å². The molecule has 0 spiro atoms. The van der Waals surface area contributed by atoms with Gasteiger partial charge in [-0.2, -0.15) is 0 Å². The molecule has 0 bridgehead atoms. The number of fused-ring (bicyclic) bond motifs is 1. The molecule has 0 fully saturated rings. The Morgan fingerprint density at radius 1 is 1.45 bits per heavy atom. The van der Waals surface area contributed by atoms with Gasteiger partial charge in [0.2, 0.25) is 0 Å². The monoisotopic (exact) mass is 275 g/mol. The van der Waals surface area contributed by atoms with Crippen molar-refractivity contribution in [2.75, 3.05) is 13.6 Å². The van der Waals surface area contributed by atoms with Crippen molar-refractivity contribution in [2.45, 2.75) is 33.2 Å². The summed E-state index contributed by atoms with van der Waals surface area (Å²) in [6.07, 6.45) is 2.08. The number of amides is 2. The van der Waals surface area contributed by atoms with Crippen LogP contribution < -0.4 is 5.32 Å². The van der Waals surface area contributed by atoms with E-state index in [-0.39, 0.29) is 6.03 Å². The molecule has 0 unspecified atom stereocenters. The number of hydrogen-bond acceptors (Lipinski definition) is 3. The zero-order chi connectivity index (χ0) is 14.5. The molecule has 2 aromatic rings. The lowest BCUT2D eigenvalue weighted by Crippen LogP contribution is -2.37. The molecule has 0 saturated carbocycles. The first-order chi connectivity index (χ1) is 9.61. The molecule has 2 rings (SSSR count). The van der Waals surface area contributed by atoms with Gasteiger partial charge in [-0.3, -0.25) is 0 Å². The third kappa shape index (κ3) is 3.29. The minimum absolute atomic E-state index is 0.0812. The molecule has 0 aliphatic rings. The van der Waals surface area contributed by atoms with Crippen molar-refractivity contribution < 1.29 is 9.32 Å². The van der Waals surface area contributed by atoms with E-state index in [0.717, 1.165) is 41.6 Å². The lowest BCUT2D eigenvalue weighted by Gasteiger charge is -2.16. The Hall–Kier alpha value is -2.04. The van der Waals surface area contributed by atoms with E-state index < -0.39 is 0 Å². The molecule has 1 aromatic carbocycles. The molecule has 1 N–H and O–H groups in total. The SMILES string of the molecule is CCCCN(C)C(=O)NCc1noc2ccc(C)cc12. The molecule has 1 heterocycles. The molecule has 0 aliphatic carbocycles. The first kappa shape index (κ1) is 14.4. The molecule has 2 amide bonds.